The summed E-state index contributed by atoms with van der Waals surface area (Å²) in [7, 11) is 0. The van der Waals surface area contributed by atoms with Gasteiger partial charge in [0.1, 0.15) is 5.75 Å². The van der Waals surface area contributed by atoms with Gasteiger partial charge in [0.2, 0.25) is 0 Å². The lowest BCUT2D eigenvalue weighted by atomic mass is 9.81. The van der Waals surface area contributed by atoms with Crippen LogP contribution in [0.2, 0.25) is 0 Å². The molecule has 1 N–H and O–H groups in total. The lowest BCUT2D eigenvalue weighted by molar-refractivity contribution is -0.275. The molecule has 0 spiro atoms. The lowest BCUT2D eigenvalue weighted by Crippen LogP contribution is -2.25. The van der Waals surface area contributed by atoms with Crippen LogP contribution in [0.5, 0.6) is 5.75 Å². The fourth-order valence-electron chi connectivity index (χ4n) is 1.71. The second-order valence-electron chi connectivity index (χ2n) is 4.50. The molecule has 1 rings (SSSR count). The van der Waals surface area contributed by atoms with Gasteiger partial charge in [-0.15, -0.1) is 13.2 Å². The maximum absolute atomic E-state index is 12.2. The Hall–Kier alpha value is -1.72. The van der Waals surface area contributed by atoms with Crippen molar-refractivity contribution < 1.29 is 27.8 Å². The Balaban J connectivity index is 3.12. The first-order valence-corrected chi connectivity index (χ1v) is 5.19. The summed E-state index contributed by atoms with van der Waals surface area (Å²) in [6.45, 7) is 3.11. The highest BCUT2D eigenvalue weighted by Crippen LogP contribution is 2.36. The Bertz CT molecular complexity index is 438. The molecule has 3 nitrogen and oxygen atoms in total. The van der Waals surface area contributed by atoms with Crippen molar-refractivity contribution in [2.24, 2.45) is 0 Å². The molecule has 0 fully saturated rings. The van der Waals surface area contributed by atoms with Gasteiger partial charge in [-0.05, 0) is 6.07 Å². The van der Waals surface area contributed by atoms with Crippen molar-refractivity contribution in [3.8, 4) is 5.75 Å². The van der Waals surface area contributed by atoms with Gasteiger partial charge in [-0.2, -0.15) is 0 Å². The maximum Gasteiger partial charge on any atom is 0.573 e. The Kier molecular flexibility index (Phi) is 3.88. The van der Waals surface area contributed by atoms with E-state index in [9.17, 15) is 18.0 Å². The quantitative estimate of drug-likeness (QED) is 0.905. The van der Waals surface area contributed by atoms with Crippen LogP contribution in [0.15, 0.2) is 24.3 Å². The molecule has 0 atom stereocenters. The molecular formula is C12H13F3O3. The highest BCUT2D eigenvalue weighted by Gasteiger charge is 2.35. The number of carboxylic acid groups (broad SMARTS) is 1. The van der Waals surface area contributed by atoms with Crippen LogP contribution in [-0.4, -0.2) is 17.4 Å². The van der Waals surface area contributed by atoms with Gasteiger partial charge in [-0.25, -0.2) is 0 Å². The van der Waals surface area contributed by atoms with E-state index in [-0.39, 0.29) is 17.7 Å². The van der Waals surface area contributed by atoms with Gasteiger partial charge in [-0.1, -0.05) is 32.0 Å². The molecule has 0 unspecified atom stereocenters. The monoisotopic (exact) mass is 262 g/mol. The molecule has 0 aliphatic rings. The number of rotatable bonds is 4. The number of carboxylic acids is 1. The van der Waals surface area contributed by atoms with Gasteiger partial charge < -0.3 is 9.84 Å². The van der Waals surface area contributed by atoms with Crippen molar-refractivity contribution >= 4 is 5.97 Å². The summed E-state index contributed by atoms with van der Waals surface area (Å²) in [6, 6.07) is 5.56. The number of hydrogen-bond acceptors (Lipinski definition) is 2. The second kappa shape index (κ2) is 4.88. The normalized spacial score (nSPS) is 12.3. The Morgan fingerprint density at radius 1 is 1.28 bits per heavy atom. The fraction of sp³-hybridized carbons (Fsp3) is 0.417. The summed E-state index contributed by atoms with van der Waals surface area (Å²) in [5.74, 6) is -1.45. The van der Waals surface area contributed by atoms with Crippen molar-refractivity contribution in [1.29, 1.82) is 0 Å². The van der Waals surface area contributed by atoms with E-state index in [2.05, 4.69) is 4.74 Å². The lowest BCUT2D eigenvalue weighted by Gasteiger charge is -2.26. The first-order chi connectivity index (χ1) is 8.12. The summed E-state index contributed by atoms with van der Waals surface area (Å²) in [5, 5.41) is 8.77. The van der Waals surface area contributed by atoms with E-state index in [0.717, 1.165) is 0 Å². The molecule has 0 amide bonds. The molecule has 1 aromatic carbocycles. The predicted molar refractivity (Wildman–Crippen MR) is 58.4 cm³/mol. The number of para-hydroxylation sites is 1. The molecule has 100 valence electrons. The number of carbonyl (C=O) groups is 1. The molecular weight excluding hydrogens is 249 g/mol. The summed E-state index contributed by atoms with van der Waals surface area (Å²) in [5.41, 5.74) is -0.738. The third kappa shape index (κ3) is 3.94. The third-order valence-corrected chi connectivity index (χ3v) is 2.44. The first kappa shape index (κ1) is 14.3. The highest BCUT2D eigenvalue weighted by atomic mass is 19.4. The van der Waals surface area contributed by atoms with Crippen LogP contribution in [0.3, 0.4) is 0 Å². The Labute approximate surface area is 102 Å². The summed E-state index contributed by atoms with van der Waals surface area (Å²) >= 11 is 0. The number of aliphatic carboxylic acids is 1. The van der Waals surface area contributed by atoms with Gasteiger partial charge in [0.05, 0.1) is 6.42 Å². The number of ether oxygens (including phenoxy) is 1. The van der Waals surface area contributed by atoms with Gasteiger partial charge in [0.25, 0.3) is 0 Å². The molecule has 0 aliphatic heterocycles. The van der Waals surface area contributed by atoms with E-state index in [0.29, 0.717) is 0 Å². The summed E-state index contributed by atoms with van der Waals surface area (Å²) in [4.78, 5) is 10.7. The minimum atomic E-state index is -4.80. The van der Waals surface area contributed by atoms with Crippen molar-refractivity contribution in [2.45, 2.75) is 32.0 Å². The van der Waals surface area contributed by atoms with Gasteiger partial charge >= 0.3 is 12.3 Å². The van der Waals surface area contributed by atoms with Gasteiger partial charge in [0.15, 0.2) is 0 Å². The smallest absolute Gasteiger partial charge is 0.481 e. The van der Waals surface area contributed by atoms with Crippen LogP contribution in [0.1, 0.15) is 25.8 Å². The van der Waals surface area contributed by atoms with E-state index in [1.165, 1.54) is 18.2 Å². The summed E-state index contributed by atoms with van der Waals surface area (Å²) < 4.78 is 40.6. The molecule has 0 radical (unpaired) electrons. The minimum Gasteiger partial charge on any atom is -0.481 e. The van der Waals surface area contributed by atoms with Crippen LogP contribution in [0.4, 0.5) is 13.2 Å². The molecule has 0 saturated carbocycles. The average Bonchev–Trinajstić information content (AvgIpc) is 2.13. The van der Waals surface area contributed by atoms with E-state index in [1.54, 1.807) is 19.9 Å². The van der Waals surface area contributed by atoms with Crippen molar-refractivity contribution in [2.75, 3.05) is 0 Å². The first-order valence-electron chi connectivity index (χ1n) is 5.19. The maximum atomic E-state index is 12.2. The molecule has 0 aliphatic carbocycles. The predicted octanol–water partition coefficient (Wildman–Crippen LogP) is 3.34. The van der Waals surface area contributed by atoms with E-state index in [4.69, 9.17) is 5.11 Å². The molecule has 0 bridgehead atoms. The second-order valence-corrected chi connectivity index (χ2v) is 4.50. The third-order valence-electron chi connectivity index (χ3n) is 2.44. The molecule has 0 heterocycles. The molecule has 6 heteroatoms. The van der Waals surface area contributed by atoms with Crippen molar-refractivity contribution in [3.63, 3.8) is 0 Å². The fourth-order valence-corrected chi connectivity index (χ4v) is 1.71. The largest absolute Gasteiger partial charge is 0.573 e. The standard InChI is InChI=1S/C12H13F3O3/c1-11(2,7-10(16)17)8-5-3-4-6-9(8)18-12(13,14)15/h3-6H,7H2,1-2H3,(H,16,17). The van der Waals surface area contributed by atoms with Crippen molar-refractivity contribution in [1.82, 2.24) is 0 Å². The van der Waals surface area contributed by atoms with E-state index >= 15 is 0 Å². The number of alkyl halides is 3. The molecule has 0 aromatic heterocycles. The topological polar surface area (TPSA) is 46.5 Å². The molecule has 1 aromatic rings. The molecule has 0 saturated heterocycles. The minimum absolute atomic E-state index is 0.213. The molecule has 18 heavy (non-hydrogen) atoms. The number of hydrogen-bond donors (Lipinski definition) is 1. The SMILES string of the molecule is CC(C)(CC(=O)O)c1ccccc1OC(F)(F)F. The number of halogens is 3. The number of benzene rings is 1. The van der Waals surface area contributed by atoms with Crippen LogP contribution < -0.4 is 4.74 Å². The highest BCUT2D eigenvalue weighted by molar-refractivity contribution is 5.69. The average molecular weight is 262 g/mol. The Morgan fingerprint density at radius 3 is 2.33 bits per heavy atom. The van der Waals surface area contributed by atoms with E-state index in [1.807, 2.05) is 0 Å². The zero-order chi connectivity index (χ0) is 14.0. The van der Waals surface area contributed by atoms with Crippen molar-refractivity contribution in [3.05, 3.63) is 29.8 Å². The summed E-state index contributed by atoms with van der Waals surface area (Å²) in [6.07, 6.45) is -5.08. The zero-order valence-electron chi connectivity index (χ0n) is 9.91. The van der Waals surface area contributed by atoms with E-state index < -0.39 is 17.7 Å². The van der Waals surface area contributed by atoms with Crippen LogP contribution in [0.25, 0.3) is 0 Å². The van der Waals surface area contributed by atoms with Crippen LogP contribution >= 0.6 is 0 Å². The van der Waals surface area contributed by atoms with Crippen LogP contribution in [-0.2, 0) is 10.2 Å². The zero-order valence-corrected chi connectivity index (χ0v) is 9.91. The Morgan fingerprint density at radius 2 is 1.83 bits per heavy atom. The van der Waals surface area contributed by atoms with Gasteiger partial charge in [0, 0.05) is 11.0 Å². The van der Waals surface area contributed by atoms with Crippen LogP contribution in [0, 0.1) is 0 Å². The van der Waals surface area contributed by atoms with Gasteiger partial charge in [-0.3, -0.25) is 4.79 Å².